The Hall–Kier alpha value is -4.12. The number of hydrogen-bond donors (Lipinski definition) is 2. The lowest BCUT2D eigenvalue weighted by molar-refractivity contribution is -0.150. The number of hydrogen-bond acceptors (Lipinski definition) is 6. The summed E-state index contributed by atoms with van der Waals surface area (Å²) in [5.41, 5.74) is 2.21. The lowest BCUT2D eigenvalue weighted by Crippen LogP contribution is -2.44. The Bertz CT molecular complexity index is 992. The van der Waals surface area contributed by atoms with E-state index in [0.717, 1.165) is 11.3 Å². The summed E-state index contributed by atoms with van der Waals surface area (Å²) in [7, 11) is 3.80. The van der Waals surface area contributed by atoms with Gasteiger partial charge in [0.15, 0.2) is 6.10 Å². The Balaban J connectivity index is 1.90. The molecule has 3 amide bonds. The molecule has 0 aliphatic carbocycles. The first-order chi connectivity index (χ1) is 14.8. The minimum Gasteiger partial charge on any atom is -0.448 e. The van der Waals surface area contributed by atoms with Gasteiger partial charge < -0.3 is 15.0 Å². The lowest BCUT2D eigenvalue weighted by atomic mass is 10.1. The van der Waals surface area contributed by atoms with Crippen molar-refractivity contribution in [2.45, 2.75) is 19.6 Å². The highest BCUT2D eigenvalue weighted by Gasteiger charge is 2.22. The fourth-order valence-electron chi connectivity index (χ4n) is 2.49. The van der Waals surface area contributed by atoms with Crippen molar-refractivity contribution in [2.24, 2.45) is 0 Å². The first-order valence-electron chi connectivity index (χ1n) is 9.53. The summed E-state index contributed by atoms with van der Waals surface area (Å²) in [6.45, 7) is 1.56. The van der Waals surface area contributed by atoms with Crippen molar-refractivity contribution in [3.63, 3.8) is 0 Å². The van der Waals surface area contributed by atoms with Gasteiger partial charge in [-0.25, -0.2) is 9.59 Å². The number of carbonyl (C=O) groups is 3. The average Bonchev–Trinajstić information content (AvgIpc) is 2.76. The van der Waals surface area contributed by atoms with Gasteiger partial charge >= 0.3 is 12.0 Å². The molecule has 0 saturated carbocycles. The van der Waals surface area contributed by atoms with Crippen molar-refractivity contribution >= 4 is 29.7 Å². The van der Waals surface area contributed by atoms with Crippen molar-refractivity contribution in [1.82, 2.24) is 10.6 Å². The van der Waals surface area contributed by atoms with E-state index in [1.165, 1.54) is 13.0 Å². The Labute approximate surface area is 181 Å². The number of benzene rings is 2. The second-order valence-corrected chi connectivity index (χ2v) is 6.86. The zero-order chi connectivity index (χ0) is 22.8. The van der Waals surface area contributed by atoms with Crippen LogP contribution < -0.4 is 15.5 Å². The maximum absolute atomic E-state index is 12.3. The van der Waals surface area contributed by atoms with Crippen LogP contribution in [-0.4, -0.2) is 38.1 Å². The molecule has 0 aromatic heterocycles. The van der Waals surface area contributed by atoms with Crippen LogP contribution in [0.5, 0.6) is 0 Å². The predicted octanol–water partition coefficient (Wildman–Crippen LogP) is 2.62. The number of imide groups is 1. The fraction of sp³-hybridized carbons (Fsp3) is 0.217. The molecule has 0 aliphatic rings. The molecule has 2 aromatic carbocycles. The van der Waals surface area contributed by atoms with Crippen LogP contribution in [0.1, 0.15) is 18.1 Å². The number of ether oxygens (including phenoxy) is 1. The zero-order valence-electron chi connectivity index (χ0n) is 17.6. The maximum atomic E-state index is 12.3. The maximum Gasteiger partial charge on any atom is 0.349 e. The van der Waals surface area contributed by atoms with Crippen molar-refractivity contribution in [3.8, 4) is 6.07 Å². The van der Waals surface area contributed by atoms with Crippen LogP contribution >= 0.6 is 0 Å². The van der Waals surface area contributed by atoms with Gasteiger partial charge in [0.05, 0.1) is 0 Å². The first kappa shape index (κ1) is 23.2. The van der Waals surface area contributed by atoms with Crippen molar-refractivity contribution in [2.75, 3.05) is 19.0 Å². The highest BCUT2D eigenvalue weighted by molar-refractivity contribution is 6.01. The van der Waals surface area contributed by atoms with E-state index in [2.05, 4.69) is 10.6 Å². The molecule has 2 N–H and O–H groups in total. The molecule has 0 unspecified atom stereocenters. The van der Waals surface area contributed by atoms with Crippen LogP contribution in [0.4, 0.5) is 10.5 Å². The summed E-state index contributed by atoms with van der Waals surface area (Å²) >= 11 is 0. The Morgan fingerprint density at radius 3 is 2.32 bits per heavy atom. The van der Waals surface area contributed by atoms with Gasteiger partial charge in [-0.3, -0.25) is 10.1 Å². The number of rotatable bonds is 7. The molecule has 8 heteroatoms. The lowest BCUT2D eigenvalue weighted by Gasteiger charge is -2.13. The van der Waals surface area contributed by atoms with E-state index in [9.17, 15) is 19.6 Å². The fourth-order valence-corrected chi connectivity index (χ4v) is 2.49. The number of urea groups is 1. The topological polar surface area (TPSA) is 112 Å². The van der Waals surface area contributed by atoms with Gasteiger partial charge in [-0.1, -0.05) is 42.5 Å². The molecule has 0 fully saturated rings. The highest BCUT2D eigenvalue weighted by atomic mass is 16.5. The molecule has 0 bridgehead atoms. The second-order valence-electron chi connectivity index (χ2n) is 6.86. The van der Waals surface area contributed by atoms with E-state index < -0.39 is 24.0 Å². The third-order valence-electron chi connectivity index (χ3n) is 4.25. The number of nitrogens with zero attached hydrogens (tertiary/aromatic N) is 2. The molecule has 2 aromatic rings. The van der Waals surface area contributed by atoms with E-state index in [4.69, 9.17) is 4.74 Å². The van der Waals surface area contributed by atoms with Gasteiger partial charge in [0, 0.05) is 26.3 Å². The SMILES string of the molecule is C[C@@H](OC(=O)/C(C#N)=C/c1ccc(N(C)C)cc1)C(=O)NC(=O)NCc1ccccc1. The molecular weight excluding hydrogens is 396 g/mol. The summed E-state index contributed by atoms with van der Waals surface area (Å²) in [4.78, 5) is 38.2. The third kappa shape index (κ3) is 7.33. The van der Waals surface area contributed by atoms with Crippen LogP contribution in [0.25, 0.3) is 6.08 Å². The molecule has 0 saturated heterocycles. The molecular formula is C23H24N4O4. The molecule has 0 spiro atoms. The normalized spacial score (nSPS) is 11.6. The quantitative estimate of drug-likeness (QED) is 0.405. The summed E-state index contributed by atoms with van der Waals surface area (Å²) in [6, 6.07) is 17.4. The monoisotopic (exact) mass is 420 g/mol. The highest BCUT2D eigenvalue weighted by Crippen LogP contribution is 2.15. The van der Waals surface area contributed by atoms with Crippen LogP contribution in [-0.2, 0) is 20.9 Å². The molecule has 8 nitrogen and oxygen atoms in total. The predicted molar refractivity (Wildman–Crippen MR) is 117 cm³/mol. The van der Waals surface area contributed by atoms with Gasteiger partial charge in [0.1, 0.15) is 11.6 Å². The van der Waals surface area contributed by atoms with Crippen LogP contribution in [0.15, 0.2) is 60.2 Å². The number of carbonyl (C=O) groups excluding carboxylic acids is 3. The van der Waals surface area contributed by atoms with Crippen LogP contribution in [0.3, 0.4) is 0 Å². The van der Waals surface area contributed by atoms with E-state index in [-0.39, 0.29) is 12.1 Å². The molecule has 160 valence electrons. The number of amides is 3. The molecule has 1 atom stereocenters. The van der Waals surface area contributed by atoms with Gasteiger partial charge in [0.2, 0.25) is 0 Å². The summed E-state index contributed by atoms with van der Waals surface area (Å²) in [5, 5.41) is 13.9. The summed E-state index contributed by atoms with van der Waals surface area (Å²) < 4.78 is 5.03. The Morgan fingerprint density at radius 1 is 1.10 bits per heavy atom. The van der Waals surface area contributed by atoms with Gasteiger partial charge in [0.25, 0.3) is 5.91 Å². The minimum absolute atomic E-state index is 0.238. The largest absolute Gasteiger partial charge is 0.448 e. The minimum atomic E-state index is -1.26. The molecule has 0 radical (unpaired) electrons. The average molecular weight is 420 g/mol. The summed E-state index contributed by atoms with van der Waals surface area (Å²) in [6.07, 6.45) is 0.113. The van der Waals surface area contributed by atoms with E-state index in [1.807, 2.05) is 61.5 Å². The van der Waals surface area contributed by atoms with E-state index in [0.29, 0.717) is 5.56 Å². The van der Waals surface area contributed by atoms with Crippen molar-refractivity contribution in [1.29, 1.82) is 5.26 Å². The first-order valence-corrected chi connectivity index (χ1v) is 9.53. The molecule has 31 heavy (non-hydrogen) atoms. The van der Waals surface area contributed by atoms with Crippen LogP contribution in [0.2, 0.25) is 0 Å². The van der Waals surface area contributed by atoms with Gasteiger partial charge in [-0.2, -0.15) is 5.26 Å². The second kappa shape index (κ2) is 11.2. The molecule has 2 rings (SSSR count). The smallest absolute Gasteiger partial charge is 0.349 e. The number of nitrogens with one attached hydrogen (secondary N) is 2. The summed E-state index contributed by atoms with van der Waals surface area (Å²) in [5.74, 6) is -1.75. The van der Waals surface area contributed by atoms with E-state index in [1.54, 1.807) is 18.2 Å². The molecule has 0 aliphatic heterocycles. The zero-order valence-corrected chi connectivity index (χ0v) is 17.6. The van der Waals surface area contributed by atoms with Crippen molar-refractivity contribution < 1.29 is 19.1 Å². The Kier molecular flexibility index (Phi) is 8.34. The Morgan fingerprint density at radius 2 is 1.74 bits per heavy atom. The number of esters is 1. The van der Waals surface area contributed by atoms with Crippen molar-refractivity contribution in [3.05, 3.63) is 71.3 Å². The van der Waals surface area contributed by atoms with Gasteiger partial charge in [-0.05, 0) is 36.3 Å². The standard InChI is InChI=1S/C23H24N4O4/c1-16(21(28)26-23(30)25-15-18-7-5-4-6-8-18)31-22(29)19(14-24)13-17-9-11-20(12-10-17)27(2)3/h4-13,16H,15H2,1-3H3,(H2,25,26,28,30)/b19-13+/t16-/m1/s1. The van der Waals surface area contributed by atoms with Crippen LogP contribution in [0, 0.1) is 11.3 Å². The van der Waals surface area contributed by atoms with Gasteiger partial charge in [-0.15, -0.1) is 0 Å². The third-order valence-corrected chi connectivity index (χ3v) is 4.25. The molecule has 0 heterocycles. The number of anilines is 1. The van der Waals surface area contributed by atoms with E-state index >= 15 is 0 Å². The number of nitriles is 1.